The molecule has 244 valence electrons. The van der Waals surface area contributed by atoms with Crippen LogP contribution in [0.15, 0.2) is 65.6 Å². The zero-order chi connectivity index (χ0) is 32.8. The monoisotopic (exact) mass is 629 g/mol. The molecule has 0 saturated carbocycles. The number of rotatable bonds is 15. The van der Waals surface area contributed by atoms with E-state index in [0.717, 1.165) is 44.0 Å². The summed E-state index contributed by atoms with van der Waals surface area (Å²) in [5, 5.41) is 16.8. The van der Waals surface area contributed by atoms with Crippen LogP contribution in [-0.2, 0) is 4.79 Å². The SMILES string of the molecule is C/C=C(F)\C(CC[C@H]1CNCCN1C(=O)NCCCCCC)=C(/C=N)NC(=O)C[C@@H](c1ccc(F)cc1)c1cc(F)cc(F)c1. The van der Waals surface area contributed by atoms with Gasteiger partial charge >= 0.3 is 6.03 Å². The third kappa shape index (κ3) is 10.8. The Labute approximate surface area is 262 Å². The van der Waals surface area contributed by atoms with E-state index >= 15 is 4.39 Å². The van der Waals surface area contributed by atoms with Crippen molar-refractivity contribution in [1.29, 1.82) is 5.41 Å². The van der Waals surface area contributed by atoms with Crippen LogP contribution in [-0.4, -0.2) is 55.3 Å². The molecule has 45 heavy (non-hydrogen) atoms. The van der Waals surface area contributed by atoms with E-state index in [9.17, 15) is 22.8 Å². The van der Waals surface area contributed by atoms with Crippen molar-refractivity contribution in [2.24, 2.45) is 0 Å². The van der Waals surface area contributed by atoms with Crippen LogP contribution in [0.25, 0.3) is 0 Å². The number of nitrogens with one attached hydrogen (secondary N) is 4. The van der Waals surface area contributed by atoms with Gasteiger partial charge in [0.25, 0.3) is 0 Å². The number of piperazine rings is 1. The van der Waals surface area contributed by atoms with E-state index < -0.39 is 35.1 Å². The van der Waals surface area contributed by atoms with Gasteiger partial charge in [-0.2, -0.15) is 0 Å². The lowest BCUT2D eigenvalue weighted by Crippen LogP contribution is -2.56. The van der Waals surface area contributed by atoms with Crippen molar-refractivity contribution in [2.75, 3.05) is 26.2 Å². The molecule has 4 N–H and O–H groups in total. The average Bonchev–Trinajstić information content (AvgIpc) is 3.03. The van der Waals surface area contributed by atoms with Crippen molar-refractivity contribution in [3.05, 3.63) is 94.2 Å². The smallest absolute Gasteiger partial charge is 0.317 e. The van der Waals surface area contributed by atoms with Crippen LogP contribution in [0.3, 0.4) is 0 Å². The van der Waals surface area contributed by atoms with Crippen LogP contribution in [0.4, 0.5) is 22.4 Å². The highest BCUT2D eigenvalue weighted by Crippen LogP contribution is 2.30. The van der Waals surface area contributed by atoms with Gasteiger partial charge in [0.05, 0.1) is 5.70 Å². The molecule has 1 aliphatic heterocycles. The molecule has 0 aromatic heterocycles. The molecular weight excluding hydrogens is 586 g/mol. The number of nitrogens with zero attached hydrogens (tertiary/aromatic N) is 1. The normalized spacial score (nSPS) is 16.5. The first-order chi connectivity index (χ1) is 21.7. The molecule has 0 radical (unpaired) electrons. The summed E-state index contributed by atoms with van der Waals surface area (Å²) in [7, 11) is 0. The highest BCUT2D eigenvalue weighted by Gasteiger charge is 2.28. The predicted molar refractivity (Wildman–Crippen MR) is 168 cm³/mol. The first-order valence-electron chi connectivity index (χ1n) is 15.5. The Balaban J connectivity index is 1.78. The maximum Gasteiger partial charge on any atom is 0.317 e. The van der Waals surface area contributed by atoms with Gasteiger partial charge in [-0.1, -0.05) is 44.4 Å². The molecule has 7 nitrogen and oxygen atoms in total. The van der Waals surface area contributed by atoms with Crippen molar-refractivity contribution < 1.29 is 27.2 Å². The number of amides is 3. The molecule has 3 rings (SSSR count). The number of carbonyl (C=O) groups is 2. The molecule has 3 amide bonds. The van der Waals surface area contributed by atoms with Gasteiger partial charge in [0.2, 0.25) is 5.91 Å². The summed E-state index contributed by atoms with van der Waals surface area (Å²) in [5.74, 6) is -4.26. The van der Waals surface area contributed by atoms with E-state index in [1.54, 1.807) is 4.90 Å². The predicted octanol–water partition coefficient (Wildman–Crippen LogP) is 6.86. The summed E-state index contributed by atoms with van der Waals surface area (Å²) in [6, 6.07) is 7.76. The zero-order valence-electron chi connectivity index (χ0n) is 25.9. The number of hydrogen-bond donors (Lipinski definition) is 4. The third-order valence-corrected chi connectivity index (χ3v) is 7.88. The lowest BCUT2D eigenvalue weighted by Gasteiger charge is -2.36. The number of halogens is 4. The van der Waals surface area contributed by atoms with Crippen LogP contribution in [0.5, 0.6) is 0 Å². The van der Waals surface area contributed by atoms with Crippen LogP contribution in [0, 0.1) is 22.9 Å². The first kappa shape index (κ1) is 35.5. The lowest BCUT2D eigenvalue weighted by atomic mass is 9.88. The molecule has 0 aliphatic carbocycles. The second-order valence-electron chi connectivity index (χ2n) is 11.1. The summed E-state index contributed by atoms with van der Waals surface area (Å²) >= 11 is 0. The first-order valence-corrected chi connectivity index (χ1v) is 15.5. The van der Waals surface area contributed by atoms with Crippen LogP contribution >= 0.6 is 0 Å². The Bertz CT molecular complexity index is 1340. The largest absolute Gasteiger partial charge is 0.338 e. The minimum atomic E-state index is -0.847. The van der Waals surface area contributed by atoms with Crippen molar-refractivity contribution >= 4 is 18.2 Å². The Morgan fingerprint density at radius 2 is 1.76 bits per heavy atom. The Hall–Kier alpha value is -3.99. The van der Waals surface area contributed by atoms with E-state index in [2.05, 4.69) is 22.9 Å². The number of carbonyl (C=O) groups excluding carboxylic acids is 2. The molecule has 1 heterocycles. The quantitative estimate of drug-likeness (QED) is 0.0750. The van der Waals surface area contributed by atoms with E-state index in [4.69, 9.17) is 5.41 Å². The highest BCUT2D eigenvalue weighted by atomic mass is 19.1. The van der Waals surface area contributed by atoms with Crippen LogP contribution in [0.2, 0.25) is 0 Å². The van der Waals surface area contributed by atoms with Gasteiger partial charge < -0.3 is 26.3 Å². The van der Waals surface area contributed by atoms with Crippen LogP contribution in [0.1, 0.15) is 75.8 Å². The third-order valence-electron chi connectivity index (χ3n) is 7.88. The average molecular weight is 630 g/mol. The minimum absolute atomic E-state index is 0.0606. The summed E-state index contributed by atoms with van der Waals surface area (Å²) in [4.78, 5) is 28.0. The molecule has 1 fully saturated rings. The fourth-order valence-corrected chi connectivity index (χ4v) is 5.49. The number of unbranched alkanes of at least 4 members (excludes halogenated alkanes) is 3. The van der Waals surface area contributed by atoms with Gasteiger partial charge in [0, 0.05) is 62.4 Å². The molecule has 0 unspecified atom stereocenters. The van der Waals surface area contributed by atoms with Gasteiger partial charge in [0.1, 0.15) is 23.3 Å². The van der Waals surface area contributed by atoms with Gasteiger partial charge in [-0.3, -0.25) is 4.79 Å². The summed E-state index contributed by atoms with van der Waals surface area (Å²) in [6.45, 7) is 5.86. The van der Waals surface area contributed by atoms with E-state index in [-0.39, 0.29) is 41.7 Å². The fourth-order valence-electron chi connectivity index (χ4n) is 5.49. The van der Waals surface area contributed by atoms with Crippen LogP contribution < -0.4 is 16.0 Å². The van der Waals surface area contributed by atoms with Gasteiger partial charge in [-0.15, -0.1) is 0 Å². The van der Waals surface area contributed by atoms with E-state index in [1.807, 2.05) is 0 Å². The van der Waals surface area contributed by atoms with Crippen molar-refractivity contribution in [1.82, 2.24) is 20.9 Å². The molecule has 2 aromatic carbocycles. The summed E-state index contributed by atoms with van der Waals surface area (Å²) in [6.07, 6.45) is 6.44. The Kier molecular flexibility index (Phi) is 14.3. The minimum Gasteiger partial charge on any atom is -0.338 e. The fraction of sp³-hybridized carbons (Fsp3) is 0.441. The molecule has 2 atom stereocenters. The van der Waals surface area contributed by atoms with E-state index in [1.165, 1.54) is 37.3 Å². The highest BCUT2D eigenvalue weighted by molar-refractivity contribution is 5.88. The lowest BCUT2D eigenvalue weighted by molar-refractivity contribution is -0.120. The number of benzene rings is 2. The molecule has 1 aliphatic rings. The van der Waals surface area contributed by atoms with Crippen molar-refractivity contribution in [3.63, 3.8) is 0 Å². The second-order valence-corrected chi connectivity index (χ2v) is 11.1. The number of allylic oxidation sites excluding steroid dienone is 4. The van der Waals surface area contributed by atoms with Crippen molar-refractivity contribution in [3.8, 4) is 0 Å². The van der Waals surface area contributed by atoms with Crippen molar-refractivity contribution in [2.45, 2.75) is 70.8 Å². The second kappa shape index (κ2) is 18.1. The molecule has 2 aromatic rings. The van der Waals surface area contributed by atoms with Gasteiger partial charge in [-0.25, -0.2) is 22.4 Å². The Morgan fingerprint density at radius 1 is 1.04 bits per heavy atom. The van der Waals surface area contributed by atoms with Gasteiger partial charge in [0.15, 0.2) is 0 Å². The number of hydrogen-bond acceptors (Lipinski definition) is 4. The summed E-state index contributed by atoms with van der Waals surface area (Å²) < 4.78 is 57.0. The molecule has 0 spiro atoms. The van der Waals surface area contributed by atoms with Gasteiger partial charge in [-0.05, 0) is 61.6 Å². The number of urea groups is 1. The molecule has 0 bridgehead atoms. The summed E-state index contributed by atoms with van der Waals surface area (Å²) in [5.41, 5.74) is 0.657. The molecule has 11 heteroatoms. The topological polar surface area (TPSA) is 97.3 Å². The molecule has 1 saturated heterocycles. The maximum atomic E-state index is 15.2. The standard InChI is InChI=1S/C34H43F4N5O2/c1-3-5-6-7-14-41-34(45)43-16-15-40-22-28(43)12-13-29(31(38)4-2)32(21-39)42-33(44)20-30(23-8-10-25(35)11-9-23)24-17-26(36)19-27(37)18-24/h4,8-11,17-19,21,28,30,39-40H,3,5-7,12-16,20,22H2,1-2H3,(H,41,45)(H,42,44)/b31-4+,32-29+,39-21?/t28-,30-/m0/s1. The molecular formula is C34H43F4N5O2. The van der Waals surface area contributed by atoms with E-state index in [0.29, 0.717) is 44.2 Å². The Morgan fingerprint density at radius 3 is 2.40 bits per heavy atom. The zero-order valence-corrected chi connectivity index (χ0v) is 25.9. The maximum absolute atomic E-state index is 15.2.